The number of anilines is 1. The summed E-state index contributed by atoms with van der Waals surface area (Å²) in [6, 6.07) is 8.30. The van der Waals surface area contributed by atoms with Gasteiger partial charge in [-0.1, -0.05) is 6.07 Å². The van der Waals surface area contributed by atoms with Crippen molar-refractivity contribution in [1.82, 2.24) is 19.7 Å². The van der Waals surface area contributed by atoms with Crippen molar-refractivity contribution in [3.8, 4) is 16.9 Å². The highest BCUT2D eigenvalue weighted by atomic mass is 19.1. The Balaban J connectivity index is 1.68. The highest BCUT2D eigenvalue weighted by Gasteiger charge is 2.16. The summed E-state index contributed by atoms with van der Waals surface area (Å²) in [5, 5.41) is 4.52. The third-order valence-corrected chi connectivity index (χ3v) is 4.53. The molecule has 0 bridgehead atoms. The molecule has 0 N–H and O–H groups in total. The van der Waals surface area contributed by atoms with E-state index in [1.165, 1.54) is 31.4 Å². The number of hydrogen-bond donors (Lipinski definition) is 0. The number of halogens is 1. The van der Waals surface area contributed by atoms with Gasteiger partial charge in [0.15, 0.2) is 0 Å². The Morgan fingerprint density at radius 2 is 1.92 bits per heavy atom. The van der Waals surface area contributed by atoms with Crippen molar-refractivity contribution in [3.63, 3.8) is 0 Å². The average Bonchev–Trinajstić information content (AvgIpc) is 3.04. The molecule has 0 unspecified atom stereocenters. The van der Waals surface area contributed by atoms with Crippen LogP contribution in [0, 0.1) is 12.7 Å². The molecule has 128 valence electrons. The van der Waals surface area contributed by atoms with Crippen LogP contribution in [-0.2, 0) is 0 Å². The van der Waals surface area contributed by atoms with Gasteiger partial charge in [-0.15, -0.1) is 0 Å². The van der Waals surface area contributed by atoms with Crippen LogP contribution in [0.15, 0.2) is 42.7 Å². The fourth-order valence-electron chi connectivity index (χ4n) is 3.21. The Labute approximate surface area is 146 Å². The van der Waals surface area contributed by atoms with Gasteiger partial charge in [0.2, 0.25) is 5.95 Å². The summed E-state index contributed by atoms with van der Waals surface area (Å²) in [4.78, 5) is 11.4. The lowest BCUT2D eigenvalue weighted by atomic mass is 10.1. The molecule has 3 heterocycles. The van der Waals surface area contributed by atoms with E-state index in [9.17, 15) is 4.39 Å². The Kier molecular flexibility index (Phi) is 4.17. The van der Waals surface area contributed by atoms with Crippen LogP contribution in [0.2, 0.25) is 0 Å². The van der Waals surface area contributed by atoms with Gasteiger partial charge in [-0.3, -0.25) is 0 Å². The standard InChI is InChI=1S/C19H20FN5/c1-14-17(13-25(23-14)16-7-5-6-15(20)12-16)18-8-9-21-19(22-18)24-10-3-2-4-11-24/h5-9,12-13H,2-4,10-11H2,1H3. The largest absolute Gasteiger partial charge is 0.341 e. The van der Waals surface area contributed by atoms with Gasteiger partial charge in [-0.2, -0.15) is 5.10 Å². The molecular formula is C19H20FN5. The van der Waals surface area contributed by atoms with Crippen LogP contribution in [0.4, 0.5) is 10.3 Å². The molecule has 1 aliphatic heterocycles. The molecule has 0 saturated carbocycles. The molecule has 4 rings (SSSR count). The second kappa shape index (κ2) is 6.63. The summed E-state index contributed by atoms with van der Waals surface area (Å²) >= 11 is 0. The van der Waals surface area contributed by atoms with E-state index in [0.29, 0.717) is 5.69 Å². The Morgan fingerprint density at radius 1 is 1.08 bits per heavy atom. The van der Waals surface area contributed by atoms with E-state index in [1.807, 2.05) is 25.3 Å². The smallest absolute Gasteiger partial charge is 0.225 e. The molecule has 0 spiro atoms. The molecule has 0 radical (unpaired) electrons. The number of benzene rings is 1. The van der Waals surface area contributed by atoms with E-state index in [1.54, 1.807) is 16.9 Å². The van der Waals surface area contributed by atoms with Crippen LogP contribution in [0.5, 0.6) is 0 Å². The first-order chi connectivity index (χ1) is 12.2. The van der Waals surface area contributed by atoms with E-state index in [2.05, 4.69) is 15.0 Å². The first-order valence-corrected chi connectivity index (χ1v) is 8.61. The fraction of sp³-hybridized carbons (Fsp3) is 0.316. The van der Waals surface area contributed by atoms with Crippen molar-refractivity contribution in [2.24, 2.45) is 0 Å². The van der Waals surface area contributed by atoms with Gasteiger partial charge in [-0.25, -0.2) is 19.0 Å². The minimum Gasteiger partial charge on any atom is -0.341 e. The van der Waals surface area contributed by atoms with Crippen molar-refractivity contribution in [3.05, 3.63) is 54.2 Å². The van der Waals surface area contributed by atoms with E-state index in [0.717, 1.165) is 36.0 Å². The zero-order valence-corrected chi connectivity index (χ0v) is 14.2. The molecule has 3 aromatic rings. The number of hydrogen-bond acceptors (Lipinski definition) is 4. The minimum atomic E-state index is -0.276. The topological polar surface area (TPSA) is 46.8 Å². The summed E-state index contributed by atoms with van der Waals surface area (Å²) in [5.74, 6) is 0.497. The molecule has 2 aromatic heterocycles. The maximum atomic E-state index is 13.5. The lowest BCUT2D eigenvalue weighted by molar-refractivity contribution is 0.568. The van der Waals surface area contributed by atoms with E-state index in [-0.39, 0.29) is 5.82 Å². The second-order valence-electron chi connectivity index (χ2n) is 6.34. The van der Waals surface area contributed by atoms with E-state index in [4.69, 9.17) is 4.98 Å². The molecule has 0 amide bonds. The normalized spacial score (nSPS) is 14.7. The van der Waals surface area contributed by atoms with Crippen LogP contribution in [0.3, 0.4) is 0 Å². The molecule has 25 heavy (non-hydrogen) atoms. The maximum absolute atomic E-state index is 13.5. The van der Waals surface area contributed by atoms with E-state index >= 15 is 0 Å². The first kappa shape index (κ1) is 15.7. The number of piperidine rings is 1. The monoisotopic (exact) mass is 337 g/mol. The van der Waals surface area contributed by atoms with Gasteiger partial charge in [0.25, 0.3) is 0 Å². The quantitative estimate of drug-likeness (QED) is 0.730. The summed E-state index contributed by atoms with van der Waals surface area (Å²) in [7, 11) is 0. The lowest BCUT2D eigenvalue weighted by Crippen LogP contribution is -2.30. The number of rotatable bonds is 3. The molecule has 0 aliphatic carbocycles. The summed E-state index contributed by atoms with van der Waals surface area (Å²) in [6.07, 6.45) is 7.33. The van der Waals surface area contributed by atoms with Crippen LogP contribution >= 0.6 is 0 Å². The van der Waals surface area contributed by atoms with Gasteiger partial charge in [-0.05, 0) is 50.5 Å². The third-order valence-electron chi connectivity index (χ3n) is 4.53. The SMILES string of the molecule is Cc1nn(-c2cccc(F)c2)cc1-c1ccnc(N2CCCCC2)n1. The maximum Gasteiger partial charge on any atom is 0.225 e. The van der Waals surface area contributed by atoms with Gasteiger partial charge < -0.3 is 4.90 Å². The van der Waals surface area contributed by atoms with Gasteiger partial charge in [0.1, 0.15) is 5.82 Å². The molecule has 0 atom stereocenters. The van der Waals surface area contributed by atoms with Crippen LogP contribution in [-0.4, -0.2) is 32.8 Å². The van der Waals surface area contributed by atoms with Crippen LogP contribution in [0.25, 0.3) is 16.9 Å². The fourth-order valence-corrected chi connectivity index (χ4v) is 3.21. The van der Waals surface area contributed by atoms with Crippen molar-refractivity contribution in [1.29, 1.82) is 0 Å². The highest BCUT2D eigenvalue weighted by Crippen LogP contribution is 2.24. The molecule has 1 aliphatic rings. The van der Waals surface area contributed by atoms with Crippen molar-refractivity contribution in [2.75, 3.05) is 18.0 Å². The number of aryl methyl sites for hydroxylation is 1. The zero-order valence-electron chi connectivity index (χ0n) is 14.2. The predicted molar refractivity (Wildman–Crippen MR) is 95.3 cm³/mol. The Hall–Kier alpha value is -2.76. The highest BCUT2D eigenvalue weighted by molar-refractivity contribution is 5.62. The third kappa shape index (κ3) is 3.24. The Morgan fingerprint density at radius 3 is 2.72 bits per heavy atom. The summed E-state index contributed by atoms with van der Waals surface area (Å²) in [5.41, 5.74) is 3.33. The summed E-state index contributed by atoms with van der Waals surface area (Å²) < 4.78 is 15.2. The predicted octanol–water partition coefficient (Wildman–Crippen LogP) is 3.77. The van der Waals surface area contributed by atoms with Crippen LogP contribution in [0.1, 0.15) is 25.0 Å². The molecule has 5 nitrogen and oxygen atoms in total. The second-order valence-corrected chi connectivity index (χ2v) is 6.34. The lowest BCUT2D eigenvalue weighted by Gasteiger charge is -2.26. The average molecular weight is 337 g/mol. The zero-order chi connectivity index (χ0) is 17.2. The van der Waals surface area contributed by atoms with Crippen LogP contribution < -0.4 is 4.90 Å². The molecule has 1 fully saturated rings. The van der Waals surface area contributed by atoms with Gasteiger partial charge in [0.05, 0.1) is 17.1 Å². The molecular weight excluding hydrogens is 317 g/mol. The number of aromatic nitrogens is 4. The van der Waals surface area contributed by atoms with Crippen molar-refractivity contribution < 1.29 is 4.39 Å². The molecule has 6 heteroatoms. The van der Waals surface area contributed by atoms with Gasteiger partial charge >= 0.3 is 0 Å². The number of nitrogens with zero attached hydrogens (tertiary/aromatic N) is 5. The first-order valence-electron chi connectivity index (χ1n) is 8.61. The van der Waals surface area contributed by atoms with Crippen molar-refractivity contribution in [2.45, 2.75) is 26.2 Å². The molecule has 1 aromatic carbocycles. The Bertz CT molecular complexity index is 883. The van der Waals surface area contributed by atoms with E-state index < -0.39 is 0 Å². The minimum absolute atomic E-state index is 0.276. The molecule has 1 saturated heterocycles. The van der Waals surface area contributed by atoms with Gasteiger partial charge in [0, 0.05) is 31.0 Å². The summed E-state index contributed by atoms with van der Waals surface area (Å²) in [6.45, 7) is 3.95. The van der Waals surface area contributed by atoms with Crippen molar-refractivity contribution >= 4 is 5.95 Å².